The van der Waals surface area contributed by atoms with Crippen molar-refractivity contribution in [3.63, 3.8) is 0 Å². The van der Waals surface area contributed by atoms with Crippen molar-refractivity contribution in [2.75, 3.05) is 14.1 Å². The largest absolute Gasteiger partial charge is 0.345 e. The Balaban J connectivity index is 2.49. The van der Waals surface area contributed by atoms with Crippen LogP contribution in [0.1, 0.15) is 10.4 Å². The van der Waals surface area contributed by atoms with E-state index in [2.05, 4.69) is 0 Å². The molecule has 2 heteroatoms. The molecule has 0 atom stereocenters. The SMILES string of the molecule is CN(C)C(=O)c1cc2cccccc-2c1. The van der Waals surface area contributed by atoms with E-state index in [4.69, 9.17) is 0 Å². The first kappa shape index (κ1) is 9.71. The molecule has 0 radical (unpaired) electrons. The monoisotopic (exact) mass is 199 g/mol. The van der Waals surface area contributed by atoms with Crippen molar-refractivity contribution in [1.82, 2.24) is 4.90 Å². The molecule has 2 aliphatic rings. The van der Waals surface area contributed by atoms with E-state index < -0.39 is 0 Å². The van der Waals surface area contributed by atoms with Crippen LogP contribution in [0.4, 0.5) is 0 Å². The Morgan fingerprint density at radius 3 is 2.00 bits per heavy atom. The van der Waals surface area contributed by atoms with Gasteiger partial charge in [0.2, 0.25) is 0 Å². The molecule has 0 aromatic heterocycles. The lowest BCUT2D eigenvalue weighted by Crippen LogP contribution is -2.20. The van der Waals surface area contributed by atoms with Crippen molar-refractivity contribution in [2.24, 2.45) is 0 Å². The summed E-state index contributed by atoms with van der Waals surface area (Å²) in [6.45, 7) is 0. The number of carbonyl (C=O) groups is 1. The van der Waals surface area contributed by atoms with Crippen molar-refractivity contribution in [2.45, 2.75) is 0 Å². The first-order valence-corrected chi connectivity index (χ1v) is 4.89. The Morgan fingerprint density at radius 1 is 1.00 bits per heavy atom. The maximum absolute atomic E-state index is 11.7. The summed E-state index contributed by atoms with van der Waals surface area (Å²) in [5.74, 6) is 0.0499. The molecule has 0 saturated carbocycles. The number of nitrogens with zero attached hydrogens (tertiary/aromatic N) is 1. The molecular formula is C13H13NO. The molecule has 1 amide bonds. The van der Waals surface area contributed by atoms with Gasteiger partial charge in [0.05, 0.1) is 0 Å². The van der Waals surface area contributed by atoms with E-state index in [0.29, 0.717) is 0 Å². The van der Waals surface area contributed by atoms with Crippen molar-refractivity contribution in [3.05, 3.63) is 48.0 Å². The average molecular weight is 199 g/mol. The van der Waals surface area contributed by atoms with Crippen LogP contribution in [0.2, 0.25) is 0 Å². The van der Waals surface area contributed by atoms with Crippen LogP contribution in [0.3, 0.4) is 0 Å². The zero-order chi connectivity index (χ0) is 10.8. The van der Waals surface area contributed by atoms with Crippen LogP contribution in [0.15, 0.2) is 42.5 Å². The lowest BCUT2D eigenvalue weighted by atomic mass is 10.2. The zero-order valence-electron chi connectivity index (χ0n) is 8.90. The molecule has 2 aliphatic carbocycles. The highest BCUT2D eigenvalue weighted by atomic mass is 16.2. The van der Waals surface area contributed by atoms with Crippen molar-refractivity contribution < 1.29 is 4.79 Å². The second-order valence-corrected chi connectivity index (χ2v) is 3.76. The number of fused-ring (bicyclic) bond motifs is 1. The van der Waals surface area contributed by atoms with E-state index in [9.17, 15) is 4.79 Å². The van der Waals surface area contributed by atoms with Gasteiger partial charge in [-0.05, 0) is 23.3 Å². The minimum Gasteiger partial charge on any atom is -0.345 e. The number of carbonyl (C=O) groups excluding carboxylic acids is 1. The molecule has 76 valence electrons. The first-order valence-electron chi connectivity index (χ1n) is 4.89. The predicted molar refractivity (Wildman–Crippen MR) is 61.1 cm³/mol. The van der Waals surface area contributed by atoms with Gasteiger partial charge in [-0.25, -0.2) is 0 Å². The summed E-state index contributed by atoms with van der Waals surface area (Å²) in [5.41, 5.74) is 2.96. The fourth-order valence-corrected chi connectivity index (χ4v) is 1.60. The summed E-state index contributed by atoms with van der Waals surface area (Å²) in [6, 6.07) is 13.8. The molecule has 0 aromatic carbocycles. The number of rotatable bonds is 1. The van der Waals surface area contributed by atoms with Gasteiger partial charge in [0, 0.05) is 19.7 Å². The molecule has 0 bridgehead atoms. The van der Waals surface area contributed by atoms with Crippen LogP contribution in [0, 0.1) is 0 Å². The highest BCUT2D eigenvalue weighted by molar-refractivity contribution is 5.97. The highest BCUT2D eigenvalue weighted by Gasteiger charge is 2.12. The minimum atomic E-state index is 0.0499. The van der Waals surface area contributed by atoms with Crippen LogP contribution in [0.5, 0.6) is 0 Å². The molecule has 0 unspecified atom stereocenters. The Bertz CT molecular complexity index is 431. The summed E-state index contributed by atoms with van der Waals surface area (Å²) in [5, 5.41) is 0. The van der Waals surface area contributed by atoms with Crippen LogP contribution in [-0.2, 0) is 0 Å². The van der Waals surface area contributed by atoms with E-state index in [-0.39, 0.29) is 5.91 Å². The smallest absolute Gasteiger partial charge is 0.253 e. The van der Waals surface area contributed by atoms with Gasteiger partial charge in [0.1, 0.15) is 0 Å². The lowest BCUT2D eigenvalue weighted by molar-refractivity contribution is 0.0828. The summed E-state index contributed by atoms with van der Waals surface area (Å²) < 4.78 is 0. The van der Waals surface area contributed by atoms with Crippen LogP contribution >= 0.6 is 0 Å². The van der Waals surface area contributed by atoms with E-state index >= 15 is 0 Å². The van der Waals surface area contributed by atoms with Crippen molar-refractivity contribution in [1.29, 1.82) is 0 Å². The van der Waals surface area contributed by atoms with Gasteiger partial charge in [0.25, 0.3) is 5.91 Å². The third kappa shape index (κ3) is 1.84. The molecule has 0 aliphatic heterocycles. The molecule has 0 saturated heterocycles. The van der Waals surface area contributed by atoms with E-state index in [0.717, 1.165) is 16.7 Å². The Labute approximate surface area is 89.5 Å². The molecule has 15 heavy (non-hydrogen) atoms. The summed E-state index contributed by atoms with van der Waals surface area (Å²) >= 11 is 0. The fourth-order valence-electron chi connectivity index (χ4n) is 1.60. The van der Waals surface area contributed by atoms with Gasteiger partial charge < -0.3 is 4.90 Å². The summed E-state index contributed by atoms with van der Waals surface area (Å²) in [6.07, 6.45) is 0. The maximum Gasteiger partial charge on any atom is 0.253 e. The van der Waals surface area contributed by atoms with Crippen molar-refractivity contribution in [3.8, 4) is 11.1 Å². The van der Waals surface area contributed by atoms with Gasteiger partial charge in [-0.15, -0.1) is 0 Å². The molecule has 0 aromatic rings. The molecule has 0 spiro atoms. The average Bonchev–Trinajstić information content (AvgIpc) is 2.49. The Morgan fingerprint density at radius 2 is 1.53 bits per heavy atom. The topological polar surface area (TPSA) is 20.3 Å². The van der Waals surface area contributed by atoms with E-state index in [1.54, 1.807) is 19.0 Å². The second kappa shape index (κ2) is 3.73. The number of amides is 1. The number of hydrogen-bond acceptors (Lipinski definition) is 1. The second-order valence-electron chi connectivity index (χ2n) is 3.76. The highest BCUT2D eigenvalue weighted by Crippen LogP contribution is 2.25. The van der Waals surface area contributed by atoms with Gasteiger partial charge in [0.15, 0.2) is 0 Å². The van der Waals surface area contributed by atoms with Crippen LogP contribution in [-0.4, -0.2) is 24.9 Å². The molecular weight excluding hydrogens is 186 g/mol. The van der Waals surface area contributed by atoms with Gasteiger partial charge in [-0.1, -0.05) is 30.3 Å². The fraction of sp³-hybridized carbons (Fsp3) is 0.154. The number of hydrogen-bond donors (Lipinski definition) is 0. The van der Waals surface area contributed by atoms with Gasteiger partial charge >= 0.3 is 0 Å². The summed E-state index contributed by atoms with van der Waals surface area (Å²) in [7, 11) is 3.53. The quantitative estimate of drug-likeness (QED) is 0.691. The van der Waals surface area contributed by atoms with Gasteiger partial charge in [-0.3, -0.25) is 4.79 Å². The van der Waals surface area contributed by atoms with Crippen molar-refractivity contribution >= 4 is 5.91 Å². The molecule has 2 rings (SSSR count). The first-order chi connectivity index (χ1) is 7.18. The maximum atomic E-state index is 11.7. The molecule has 0 fully saturated rings. The zero-order valence-corrected chi connectivity index (χ0v) is 8.90. The van der Waals surface area contributed by atoms with Gasteiger partial charge in [-0.2, -0.15) is 0 Å². The Kier molecular flexibility index (Phi) is 2.42. The normalized spacial score (nSPS) is 10.3. The molecule has 0 N–H and O–H groups in total. The molecule has 2 nitrogen and oxygen atoms in total. The third-order valence-electron chi connectivity index (χ3n) is 2.38. The Hall–Kier alpha value is -1.83. The summed E-state index contributed by atoms with van der Waals surface area (Å²) in [4.78, 5) is 13.3. The standard InChI is InChI=1S/C13H13NO/c1-14(2)13(15)12-8-10-6-4-3-5-7-11(10)9-12/h3-9H,1-2H3. The molecule has 0 heterocycles. The van der Waals surface area contributed by atoms with Crippen LogP contribution < -0.4 is 0 Å². The van der Waals surface area contributed by atoms with E-state index in [1.807, 2.05) is 42.5 Å². The van der Waals surface area contributed by atoms with E-state index in [1.165, 1.54) is 0 Å². The third-order valence-corrected chi connectivity index (χ3v) is 2.38. The minimum absolute atomic E-state index is 0.0499. The van der Waals surface area contributed by atoms with Crippen LogP contribution in [0.25, 0.3) is 11.1 Å². The predicted octanol–water partition coefficient (Wildman–Crippen LogP) is 2.49. The lowest BCUT2D eigenvalue weighted by Gasteiger charge is -2.07.